The summed E-state index contributed by atoms with van der Waals surface area (Å²) in [7, 11) is 0. The SMILES string of the molecule is CC(NC(=O)c1ccc2c(c1)OCO2)c1c(-c2ccc(Cl)cc2)noc1C(=O)O. The van der Waals surface area contributed by atoms with Crippen LogP contribution in [0.15, 0.2) is 47.0 Å². The molecule has 148 valence electrons. The van der Waals surface area contributed by atoms with E-state index in [-0.39, 0.29) is 18.1 Å². The molecule has 29 heavy (non-hydrogen) atoms. The lowest BCUT2D eigenvalue weighted by molar-refractivity contribution is 0.0648. The van der Waals surface area contributed by atoms with Gasteiger partial charge in [0.15, 0.2) is 11.5 Å². The van der Waals surface area contributed by atoms with Gasteiger partial charge >= 0.3 is 5.97 Å². The normalized spacial score (nSPS) is 13.2. The zero-order valence-corrected chi connectivity index (χ0v) is 15.9. The van der Waals surface area contributed by atoms with Crippen LogP contribution < -0.4 is 14.8 Å². The molecule has 9 heteroatoms. The summed E-state index contributed by atoms with van der Waals surface area (Å²) in [4.78, 5) is 24.3. The fourth-order valence-corrected chi connectivity index (χ4v) is 3.19. The third-order valence-electron chi connectivity index (χ3n) is 4.46. The van der Waals surface area contributed by atoms with E-state index in [0.717, 1.165) is 0 Å². The Hall–Kier alpha value is -3.52. The predicted octanol–water partition coefficient (Wildman–Crippen LogP) is 3.91. The Kier molecular flexibility index (Phi) is 4.85. The van der Waals surface area contributed by atoms with E-state index in [9.17, 15) is 14.7 Å². The van der Waals surface area contributed by atoms with Gasteiger partial charge in [-0.15, -0.1) is 0 Å². The van der Waals surface area contributed by atoms with Crippen molar-refractivity contribution in [3.8, 4) is 22.8 Å². The highest BCUT2D eigenvalue weighted by Gasteiger charge is 2.28. The molecule has 8 nitrogen and oxygen atoms in total. The number of ether oxygens (including phenoxy) is 2. The van der Waals surface area contributed by atoms with Gasteiger partial charge in [0.05, 0.1) is 11.6 Å². The van der Waals surface area contributed by atoms with Crippen molar-refractivity contribution < 1.29 is 28.7 Å². The minimum Gasteiger partial charge on any atom is -0.475 e. The molecule has 1 aliphatic heterocycles. The number of hydrogen-bond donors (Lipinski definition) is 2. The Bertz CT molecular complexity index is 1090. The summed E-state index contributed by atoms with van der Waals surface area (Å²) >= 11 is 5.92. The summed E-state index contributed by atoms with van der Waals surface area (Å²) < 4.78 is 15.6. The Morgan fingerprint density at radius 3 is 2.59 bits per heavy atom. The van der Waals surface area contributed by atoms with Gasteiger partial charge in [0, 0.05) is 16.1 Å². The van der Waals surface area contributed by atoms with Gasteiger partial charge in [-0.05, 0) is 37.3 Å². The van der Waals surface area contributed by atoms with E-state index in [4.69, 9.17) is 25.6 Å². The van der Waals surface area contributed by atoms with E-state index >= 15 is 0 Å². The van der Waals surface area contributed by atoms with Crippen molar-refractivity contribution in [3.63, 3.8) is 0 Å². The van der Waals surface area contributed by atoms with Crippen LogP contribution in [0, 0.1) is 0 Å². The molecule has 3 aromatic rings. The van der Waals surface area contributed by atoms with E-state index < -0.39 is 17.9 Å². The topological polar surface area (TPSA) is 111 Å². The van der Waals surface area contributed by atoms with Gasteiger partial charge in [-0.1, -0.05) is 28.9 Å². The Morgan fingerprint density at radius 1 is 1.14 bits per heavy atom. The lowest BCUT2D eigenvalue weighted by Gasteiger charge is -2.15. The van der Waals surface area contributed by atoms with Crippen LogP contribution in [0.3, 0.4) is 0 Å². The van der Waals surface area contributed by atoms with Crippen molar-refractivity contribution in [2.45, 2.75) is 13.0 Å². The molecular weight excluding hydrogens is 400 g/mol. The van der Waals surface area contributed by atoms with Gasteiger partial charge in [0.1, 0.15) is 5.69 Å². The first-order valence-corrected chi connectivity index (χ1v) is 9.01. The standard InChI is InChI=1S/C20H15ClN2O6/c1-10(22-19(24)12-4-7-14-15(8-12)28-9-27-14)16-17(23-29-18(16)20(25)26)11-2-5-13(21)6-3-11/h2-8,10H,9H2,1H3,(H,22,24)(H,25,26). The zero-order valence-electron chi connectivity index (χ0n) is 15.1. The number of nitrogens with zero attached hydrogens (tertiary/aromatic N) is 1. The monoisotopic (exact) mass is 414 g/mol. The second-order valence-electron chi connectivity index (χ2n) is 6.35. The van der Waals surface area contributed by atoms with Crippen LogP contribution in [0.2, 0.25) is 5.02 Å². The van der Waals surface area contributed by atoms with Crippen molar-refractivity contribution in [1.82, 2.24) is 10.5 Å². The molecule has 1 atom stereocenters. The molecule has 0 fully saturated rings. The van der Waals surface area contributed by atoms with E-state index in [1.54, 1.807) is 49.4 Å². The fraction of sp³-hybridized carbons (Fsp3) is 0.150. The number of carboxylic acids is 1. The summed E-state index contributed by atoms with van der Waals surface area (Å²) in [6.45, 7) is 1.76. The van der Waals surface area contributed by atoms with Gasteiger partial charge in [0.25, 0.3) is 5.91 Å². The number of aromatic nitrogens is 1. The highest BCUT2D eigenvalue weighted by molar-refractivity contribution is 6.30. The summed E-state index contributed by atoms with van der Waals surface area (Å²) in [5.41, 5.74) is 1.54. The van der Waals surface area contributed by atoms with Crippen LogP contribution in [0.25, 0.3) is 11.3 Å². The van der Waals surface area contributed by atoms with Crippen LogP contribution in [-0.2, 0) is 0 Å². The molecule has 1 aromatic heterocycles. The molecule has 0 saturated heterocycles. The lowest BCUT2D eigenvalue weighted by Crippen LogP contribution is -2.27. The molecule has 1 amide bonds. The molecule has 4 rings (SSSR count). The highest BCUT2D eigenvalue weighted by Crippen LogP contribution is 2.34. The summed E-state index contributed by atoms with van der Waals surface area (Å²) in [6, 6.07) is 10.8. The molecule has 2 N–H and O–H groups in total. The average molecular weight is 415 g/mol. The van der Waals surface area contributed by atoms with Crippen molar-refractivity contribution in [2.75, 3.05) is 6.79 Å². The number of aromatic carboxylic acids is 1. The summed E-state index contributed by atoms with van der Waals surface area (Å²) in [6.07, 6.45) is 0. The minimum atomic E-state index is -1.28. The van der Waals surface area contributed by atoms with Crippen molar-refractivity contribution in [1.29, 1.82) is 0 Å². The molecule has 2 heterocycles. The van der Waals surface area contributed by atoms with Gasteiger partial charge in [-0.25, -0.2) is 4.79 Å². The number of nitrogens with one attached hydrogen (secondary N) is 1. The number of rotatable bonds is 5. The molecule has 0 radical (unpaired) electrons. The average Bonchev–Trinajstić information content (AvgIpc) is 3.35. The van der Waals surface area contributed by atoms with Crippen LogP contribution in [0.4, 0.5) is 0 Å². The first-order chi connectivity index (χ1) is 13.9. The fourth-order valence-electron chi connectivity index (χ4n) is 3.06. The van der Waals surface area contributed by atoms with Crippen LogP contribution in [0.5, 0.6) is 11.5 Å². The van der Waals surface area contributed by atoms with Gasteiger partial charge in [-0.3, -0.25) is 4.79 Å². The Balaban J connectivity index is 1.64. The number of benzene rings is 2. The maximum absolute atomic E-state index is 12.7. The first-order valence-electron chi connectivity index (χ1n) is 8.63. The highest BCUT2D eigenvalue weighted by atomic mass is 35.5. The maximum Gasteiger partial charge on any atom is 0.375 e. The largest absolute Gasteiger partial charge is 0.475 e. The molecule has 0 aliphatic carbocycles. The Morgan fingerprint density at radius 2 is 1.86 bits per heavy atom. The quantitative estimate of drug-likeness (QED) is 0.651. The smallest absolute Gasteiger partial charge is 0.375 e. The van der Waals surface area contributed by atoms with Crippen molar-refractivity contribution >= 4 is 23.5 Å². The molecule has 0 spiro atoms. The van der Waals surface area contributed by atoms with E-state index in [1.807, 2.05) is 0 Å². The minimum absolute atomic E-state index is 0.101. The number of carbonyl (C=O) groups excluding carboxylic acids is 1. The van der Waals surface area contributed by atoms with E-state index in [2.05, 4.69) is 10.5 Å². The number of carboxylic acid groups (broad SMARTS) is 1. The van der Waals surface area contributed by atoms with Crippen molar-refractivity contribution in [2.24, 2.45) is 0 Å². The summed E-state index contributed by atoms with van der Waals surface area (Å²) in [5, 5.41) is 16.7. The number of halogens is 1. The molecule has 1 aliphatic rings. The molecule has 0 bridgehead atoms. The van der Waals surface area contributed by atoms with E-state index in [0.29, 0.717) is 33.3 Å². The molecular formula is C20H15ClN2O6. The number of amides is 1. The van der Waals surface area contributed by atoms with Gasteiger partial charge in [0.2, 0.25) is 12.6 Å². The van der Waals surface area contributed by atoms with Crippen LogP contribution >= 0.6 is 11.6 Å². The maximum atomic E-state index is 12.7. The molecule has 1 unspecified atom stereocenters. The van der Waals surface area contributed by atoms with Gasteiger partial charge in [-0.2, -0.15) is 0 Å². The molecule has 0 saturated carbocycles. The Labute approximate surface area is 170 Å². The zero-order chi connectivity index (χ0) is 20.5. The number of carbonyl (C=O) groups is 2. The number of fused-ring (bicyclic) bond motifs is 1. The first kappa shape index (κ1) is 18.8. The van der Waals surface area contributed by atoms with Crippen molar-refractivity contribution in [3.05, 3.63) is 64.4 Å². The number of hydrogen-bond acceptors (Lipinski definition) is 6. The van der Waals surface area contributed by atoms with Gasteiger partial charge < -0.3 is 24.4 Å². The second kappa shape index (κ2) is 7.48. The third-order valence-corrected chi connectivity index (χ3v) is 4.71. The predicted molar refractivity (Wildman–Crippen MR) is 102 cm³/mol. The lowest BCUT2D eigenvalue weighted by atomic mass is 10.00. The second-order valence-corrected chi connectivity index (χ2v) is 6.79. The molecule has 2 aromatic carbocycles. The summed E-state index contributed by atoms with van der Waals surface area (Å²) in [5.74, 6) is -0.990. The van der Waals surface area contributed by atoms with Crippen LogP contribution in [0.1, 0.15) is 39.4 Å². The third kappa shape index (κ3) is 3.62. The van der Waals surface area contributed by atoms with E-state index in [1.165, 1.54) is 0 Å². The van der Waals surface area contributed by atoms with Crippen LogP contribution in [-0.4, -0.2) is 28.9 Å².